The second-order valence-electron chi connectivity index (χ2n) is 5.67. The first kappa shape index (κ1) is 12.9. The topological polar surface area (TPSA) is 56.7 Å². The van der Waals surface area contributed by atoms with E-state index in [9.17, 15) is 13.2 Å². The van der Waals surface area contributed by atoms with Crippen molar-refractivity contribution in [1.29, 1.82) is 0 Å². The molecular formula is C12H17F3N4. The van der Waals surface area contributed by atoms with Crippen molar-refractivity contribution in [3.8, 4) is 0 Å². The number of hydrogen-bond acceptors (Lipinski definition) is 3. The zero-order valence-electron chi connectivity index (χ0n) is 10.6. The van der Waals surface area contributed by atoms with E-state index in [1.807, 2.05) is 0 Å². The van der Waals surface area contributed by atoms with Crippen LogP contribution in [0.2, 0.25) is 0 Å². The smallest absolute Gasteiger partial charge is 0.329 e. The van der Waals surface area contributed by atoms with Crippen LogP contribution >= 0.6 is 0 Å². The van der Waals surface area contributed by atoms with Gasteiger partial charge in [0.05, 0.1) is 5.92 Å². The zero-order chi connectivity index (χ0) is 13.7. The molecule has 1 aromatic rings. The normalized spacial score (nSPS) is 25.8. The minimum atomic E-state index is -4.14. The fourth-order valence-electron chi connectivity index (χ4n) is 3.11. The standard InChI is InChI=1S/C12H17F3N4/c13-12(14,15)8-2-3-9-17-18-10(19(9)6-8)11(7-16)4-1-5-11/h8H,1-7,16H2. The highest BCUT2D eigenvalue weighted by Gasteiger charge is 2.46. The maximum absolute atomic E-state index is 12.9. The SMILES string of the molecule is NCC1(c2nnc3n2CC(C(F)(F)F)CC3)CCC1. The molecule has 0 spiro atoms. The first-order chi connectivity index (χ1) is 8.96. The molecule has 7 heteroatoms. The molecule has 1 aliphatic heterocycles. The predicted molar refractivity (Wildman–Crippen MR) is 62.5 cm³/mol. The van der Waals surface area contributed by atoms with Crippen LogP contribution in [0, 0.1) is 5.92 Å². The summed E-state index contributed by atoms with van der Waals surface area (Å²) >= 11 is 0. The van der Waals surface area contributed by atoms with Gasteiger partial charge in [-0.2, -0.15) is 13.2 Å². The third-order valence-corrected chi connectivity index (χ3v) is 4.59. The Labute approximate surface area is 109 Å². The molecule has 2 heterocycles. The Morgan fingerprint density at radius 2 is 2.05 bits per heavy atom. The van der Waals surface area contributed by atoms with Crippen molar-refractivity contribution in [1.82, 2.24) is 14.8 Å². The number of hydrogen-bond donors (Lipinski definition) is 1. The Morgan fingerprint density at radius 3 is 2.58 bits per heavy atom. The number of nitrogens with zero attached hydrogens (tertiary/aromatic N) is 3. The van der Waals surface area contributed by atoms with Gasteiger partial charge in [0, 0.05) is 24.9 Å². The molecule has 1 aromatic heterocycles. The molecule has 19 heavy (non-hydrogen) atoms. The molecule has 2 aliphatic rings. The van der Waals surface area contributed by atoms with Crippen LogP contribution in [0.15, 0.2) is 0 Å². The maximum Gasteiger partial charge on any atom is 0.393 e. The van der Waals surface area contributed by atoms with E-state index in [2.05, 4.69) is 10.2 Å². The van der Waals surface area contributed by atoms with Crippen LogP contribution in [-0.2, 0) is 18.4 Å². The van der Waals surface area contributed by atoms with Crippen LogP contribution in [0.5, 0.6) is 0 Å². The van der Waals surface area contributed by atoms with Crippen LogP contribution in [0.25, 0.3) is 0 Å². The number of aryl methyl sites for hydroxylation is 1. The summed E-state index contributed by atoms with van der Waals surface area (Å²) in [7, 11) is 0. The molecule has 1 fully saturated rings. The van der Waals surface area contributed by atoms with Gasteiger partial charge in [0.1, 0.15) is 11.6 Å². The lowest BCUT2D eigenvalue weighted by Gasteiger charge is -2.40. The Morgan fingerprint density at radius 1 is 1.32 bits per heavy atom. The van der Waals surface area contributed by atoms with Crippen LogP contribution in [0.4, 0.5) is 13.2 Å². The van der Waals surface area contributed by atoms with Crippen molar-refractivity contribution < 1.29 is 13.2 Å². The van der Waals surface area contributed by atoms with Crippen LogP contribution in [-0.4, -0.2) is 27.5 Å². The number of halogens is 3. The number of alkyl halides is 3. The maximum atomic E-state index is 12.9. The molecule has 1 atom stereocenters. The van der Waals surface area contributed by atoms with E-state index in [0.717, 1.165) is 19.3 Å². The van der Waals surface area contributed by atoms with Gasteiger partial charge in [-0.3, -0.25) is 0 Å². The van der Waals surface area contributed by atoms with Gasteiger partial charge < -0.3 is 10.3 Å². The Hall–Kier alpha value is -1.11. The van der Waals surface area contributed by atoms with E-state index in [4.69, 9.17) is 5.73 Å². The summed E-state index contributed by atoms with van der Waals surface area (Å²) in [6.07, 6.45) is -0.831. The largest absolute Gasteiger partial charge is 0.393 e. The number of aromatic nitrogens is 3. The molecule has 4 nitrogen and oxygen atoms in total. The average Bonchev–Trinajstić information content (AvgIpc) is 2.71. The van der Waals surface area contributed by atoms with Gasteiger partial charge >= 0.3 is 6.18 Å². The second-order valence-corrected chi connectivity index (χ2v) is 5.67. The van der Waals surface area contributed by atoms with E-state index in [-0.39, 0.29) is 18.4 Å². The molecule has 0 saturated heterocycles. The lowest BCUT2D eigenvalue weighted by Crippen LogP contribution is -2.45. The molecule has 0 amide bonds. The molecule has 1 saturated carbocycles. The van der Waals surface area contributed by atoms with E-state index in [1.54, 1.807) is 4.57 Å². The first-order valence-corrected chi connectivity index (χ1v) is 6.66. The third-order valence-electron chi connectivity index (χ3n) is 4.59. The van der Waals surface area contributed by atoms with Crippen LogP contribution in [0.3, 0.4) is 0 Å². The average molecular weight is 274 g/mol. The van der Waals surface area contributed by atoms with Gasteiger partial charge in [-0.05, 0) is 19.3 Å². The fourth-order valence-corrected chi connectivity index (χ4v) is 3.11. The van der Waals surface area contributed by atoms with Gasteiger partial charge in [-0.25, -0.2) is 0 Å². The number of nitrogens with two attached hydrogens (primary N) is 1. The van der Waals surface area contributed by atoms with Crippen LogP contribution < -0.4 is 5.73 Å². The number of fused-ring (bicyclic) bond motifs is 1. The van der Waals surface area contributed by atoms with E-state index >= 15 is 0 Å². The van der Waals surface area contributed by atoms with Gasteiger partial charge in [0.25, 0.3) is 0 Å². The van der Waals surface area contributed by atoms with Crippen molar-refractivity contribution in [2.75, 3.05) is 6.54 Å². The van der Waals surface area contributed by atoms with E-state index < -0.39 is 12.1 Å². The summed E-state index contributed by atoms with van der Waals surface area (Å²) in [6.45, 7) is 0.380. The summed E-state index contributed by atoms with van der Waals surface area (Å²) < 4.78 is 40.3. The summed E-state index contributed by atoms with van der Waals surface area (Å²) in [5.41, 5.74) is 5.57. The highest BCUT2D eigenvalue weighted by Crippen LogP contribution is 2.44. The lowest BCUT2D eigenvalue weighted by atomic mass is 9.68. The molecule has 1 aliphatic carbocycles. The molecule has 0 aromatic carbocycles. The van der Waals surface area contributed by atoms with Crippen molar-refractivity contribution >= 4 is 0 Å². The van der Waals surface area contributed by atoms with Gasteiger partial charge in [-0.1, -0.05) is 6.42 Å². The second kappa shape index (κ2) is 4.19. The Balaban J connectivity index is 1.93. The van der Waals surface area contributed by atoms with E-state index in [0.29, 0.717) is 24.6 Å². The van der Waals surface area contributed by atoms with Gasteiger partial charge in [0.15, 0.2) is 0 Å². The monoisotopic (exact) mass is 274 g/mol. The summed E-state index contributed by atoms with van der Waals surface area (Å²) in [6, 6.07) is 0. The quantitative estimate of drug-likeness (QED) is 0.894. The molecule has 0 bridgehead atoms. The molecule has 3 rings (SSSR count). The molecule has 1 unspecified atom stereocenters. The Kier molecular flexibility index (Phi) is 2.85. The highest BCUT2D eigenvalue weighted by molar-refractivity contribution is 5.17. The van der Waals surface area contributed by atoms with Crippen molar-refractivity contribution in [2.45, 2.75) is 50.2 Å². The van der Waals surface area contributed by atoms with Crippen molar-refractivity contribution in [3.63, 3.8) is 0 Å². The molecular weight excluding hydrogens is 257 g/mol. The van der Waals surface area contributed by atoms with Crippen molar-refractivity contribution in [2.24, 2.45) is 11.7 Å². The van der Waals surface area contributed by atoms with Gasteiger partial charge in [0.2, 0.25) is 0 Å². The van der Waals surface area contributed by atoms with E-state index in [1.165, 1.54) is 0 Å². The molecule has 0 radical (unpaired) electrons. The number of rotatable bonds is 2. The van der Waals surface area contributed by atoms with Gasteiger partial charge in [-0.15, -0.1) is 10.2 Å². The zero-order valence-corrected chi connectivity index (χ0v) is 10.6. The lowest BCUT2D eigenvalue weighted by molar-refractivity contribution is -0.182. The first-order valence-electron chi connectivity index (χ1n) is 6.66. The summed E-state index contributed by atoms with van der Waals surface area (Å²) in [5.74, 6) is 0.0603. The van der Waals surface area contributed by atoms with Crippen molar-refractivity contribution in [3.05, 3.63) is 11.6 Å². The summed E-state index contributed by atoms with van der Waals surface area (Å²) in [4.78, 5) is 0. The minimum Gasteiger partial charge on any atom is -0.329 e. The summed E-state index contributed by atoms with van der Waals surface area (Å²) in [5, 5.41) is 8.20. The fraction of sp³-hybridized carbons (Fsp3) is 0.833. The highest BCUT2D eigenvalue weighted by atomic mass is 19.4. The van der Waals surface area contributed by atoms with Crippen LogP contribution in [0.1, 0.15) is 37.3 Å². The molecule has 2 N–H and O–H groups in total. The molecule has 106 valence electrons. The Bertz CT molecular complexity index is 470. The third kappa shape index (κ3) is 1.94. The minimum absolute atomic E-state index is 0.0527. The predicted octanol–water partition coefficient (Wildman–Crippen LogP) is 1.78.